The van der Waals surface area contributed by atoms with Crippen LogP contribution in [0.2, 0.25) is 15.1 Å². The van der Waals surface area contributed by atoms with Crippen LogP contribution in [0.15, 0.2) is 60.7 Å². The summed E-state index contributed by atoms with van der Waals surface area (Å²) in [5.74, 6) is 0.690. The van der Waals surface area contributed by atoms with Gasteiger partial charge in [0.15, 0.2) is 0 Å². The monoisotopic (exact) mass is 731 g/mol. The van der Waals surface area contributed by atoms with Crippen molar-refractivity contribution in [3.8, 4) is 39.5 Å². The molecule has 2 aromatic carbocycles. The molecular formula is C37H36Cl3N7O3. The first-order chi connectivity index (χ1) is 24.3. The van der Waals surface area contributed by atoms with E-state index in [0.29, 0.717) is 77.0 Å². The van der Waals surface area contributed by atoms with Crippen LogP contribution in [-0.4, -0.2) is 59.0 Å². The van der Waals surface area contributed by atoms with Crippen molar-refractivity contribution in [1.82, 2.24) is 36.2 Å². The molecule has 5 heterocycles. The highest BCUT2D eigenvalue weighted by Gasteiger charge is 2.22. The molecule has 2 amide bonds. The Morgan fingerprint density at radius 2 is 1.28 bits per heavy atom. The summed E-state index contributed by atoms with van der Waals surface area (Å²) in [4.78, 5) is 36.1. The second-order valence-corrected chi connectivity index (χ2v) is 13.7. The van der Waals surface area contributed by atoms with Gasteiger partial charge in [-0.3, -0.25) is 9.59 Å². The van der Waals surface area contributed by atoms with Crippen molar-refractivity contribution in [3.63, 3.8) is 0 Å². The number of amides is 2. The number of pyridine rings is 2. The molecule has 13 heteroatoms. The first-order valence-corrected chi connectivity index (χ1v) is 17.7. The first-order valence-electron chi connectivity index (χ1n) is 16.6. The van der Waals surface area contributed by atoms with Crippen molar-refractivity contribution < 1.29 is 14.3 Å². The lowest BCUT2D eigenvalue weighted by atomic mass is 9.98. The highest BCUT2D eigenvalue weighted by atomic mass is 35.5. The Hall–Kier alpha value is -4.19. The van der Waals surface area contributed by atoms with Crippen LogP contribution in [0.25, 0.3) is 44.7 Å². The number of halogens is 3. The van der Waals surface area contributed by atoms with Crippen LogP contribution in [0.4, 0.5) is 0 Å². The Morgan fingerprint density at radius 3 is 1.86 bits per heavy atom. The van der Waals surface area contributed by atoms with Gasteiger partial charge in [-0.1, -0.05) is 77.3 Å². The molecule has 2 aliphatic heterocycles. The van der Waals surface area contributed by atoms with Crippen LogP contribution >= 0.6 is 34.8 Å². The smallest absolute Gasteiger partial charge is 0.220 e. The quantitative estimate of drug-likeness (QED) is 0.0969. The van der Waals surface area contributed by atoms with E-state index in [1.54, 1.807) is 7.11 Å². The second kappa shape index (κ2) is 15.0. The van der Waals surface area contributed by atoms with Crippen LogP contribution in [0, 0.1) is 0 Å². The zero-order valence-corrected chi connectivity index (χ0v) is 29.6. The number of methoxy groups -OCH3 is 1. The van der Waals surface area contributed by atoms with Gasteiger partial charge in [0.25, 0.3) is 0 Å². The molecule has 0 spiro atoms. The van der Waals surface area contributed by atoms with Crippen molar-refractivity contribution in [2.75, 3.05) is 20.2 Å². The molecule has 0 bridgehead atoms. The number of aromatic amines is 1. The molecule has 0 saturated carbocycles. The van der Waals surface area contributed by atoms with Gasteiger partial charge < -0.3 is 31.0 Å². The van der Waals surface area contributed by atoms with Crippen molar-refractivity contribution in [1.29, 1.82) is 0 Å². The summed E-state index contributed by atoms with van der Waals surface area (Å²) in [5, 5.41) is 15.2. The van der Waals surface area contributed by atoms with Crippen molar-refractivity contribution >= 4 is 57.7 Å². The third-order valence-corrected chi connectivity index (χ3v) is 10.5. The van der Waals surface area contributed by atoms with Gasteiger partial charge in [-0.15, -0.1) is 0 Å². The number of hydrogen-bond donors (Lipinski definition) is 5. The Labute approximate surface area is 304 Å². The Morgan fingerprint density at radius 1 is 0.720 bits per heavy atom. The fourth-order valence-corrected chi connectivity index (χ4v) is 7.50. The summed E-state index contributed by atoms with van der Waals surface area (Å²) >= 11 is 20.9. The Balaban J connectivity index is 1.10. The van der Waals surface area contributed by atoms with Crippen molar-refractivity contribution in [2.24, 2.45) is 0 Å². The van der Waals surface area contributed by atoms with Gasteiger partial charge >= 0.3 is 0 Å². The molecule has 5 N–H and O–H groups in total. The molecule has 5 aromatic rings. The molecule has 0 radical (unpaired) electrons. The number of hydrogen-bond acceptors (Lipinski definition) is 7. The number of aromatic nitrogens is 3. The summed E-state index contributed by atoms with van der Waals surface area (Å²) in [6.07, 6.45) is 2.80. The standard InChI is InChI=1S/C37H36Cl3N7O3/c1-50-37-20(16-41-17-21-9-14-31(48)43-21)8-12-29(47-37)26-7-3-5-24(34(26)39)23-4-2-6-25(33(23)38)28-13-11-27-35(40)30(46-36(27)45-28)19-42-18-22-10-15-32(49)44-22/h2-8,11-13,21-22,41-42H,9-10,14-19H2,1H3,(H,43,48)(H,44,49)(H,45,46). The SMILES string of the molecule is COc1nc(-c2cccc(-c3cccc(-c4ccc5c(Cl)c(CNCC6CCC(=O)N6)[nH]c5n4)c3Cl)c2Cl)ccc1CNCC1CCC(=O)N1. The minimum atomic E-state index is 0.0935. The van der Waals surface area contributed by atoms with Gasteiger partial charge in [0, 0.05) is 90.0 Å². The van der Waals surface area contributed by atoms with Gasteiger partial charge in [-0.25, -0.2) is 9.97 Å². The van der Waals surface area contributed by atoms with E-state index in [0.717, 1.165) is 51.7 Å². The third kappa shape index (κ3) is 7.17. The molecule has 2 atom stereocenters. The summed E-state index contributed by atoms with van der Waals surface area (Å²) in [6, 6.07) is 19.6. The number of rotatable bonds is 12. The van der Waals surface area contributed by atoms with E-state index in [9.17, 15) is 9.59 Å². The fraction of sp³-hybridized carbons (Fsp3) is 0.297. The van der Waals surface area contributed by atoms with E-state index >= 15 is 0 Å². The summed E-state index contributed by atoms with van der Waals surface area (Å²) < 4.78 is 5.65. The Kier molecular flexibility index (Phi) is 10.3. The minimum absolute atomic E-state index is 0.0935. The minimum Gasteiger partial charge on any atom is -0.481 e. The normalized spacial score (nSPS) is 17.4. The molecule has 10 nitrogen and oxygen atoms in total. The van der Waals surface area contributed by atoms with Gasteiger partial charge in [0.2, 0.25) is 17.7 Å². The predicted octanol–water partition coefficient (Wildman–Crippen LogP) is 6.66. The maximum atomic E-state index is 11.5. The predicted molar refractivity (Wildman–Crippen MR) is 198 cm³/mol. The lowest BCUT2D eigenvalue weighted by Gasteiger charge is -2.15. The van der Waals surface area contributed by atoms with E-state index in [2.05, 4.69) is 26.3 Å². The zero-order chi connectivity index (χ0) is 34.8. The molecule has 0 aliphatic carbocycles. The number of nitrogens with zero attached hydrogens (tertiary/aromatic N) is 2. The molecule has 2 unspecified atom stereocenters. The van der Waals surface area contributed by atoms with Crippen molar-refractivity contribution in [2.45, 2.75) is 50.9 Å². The second-order valence-electron chi connectivity index (χ2n) is 12.6. The summed E-state index contributed by atoms with van der Waals surface area (Å²) in [5.41, 5.74) is 6.76. The van der Waals surface area contributed by atoms with E-state index in [4.69, 9.17) is 49.5 Å². The van der Waals surface area contributed by atoms with Crippen LogP contribution in [0.3, 0.4) is 0 Å². The van der Waals surface area contributed by atoms with Gasteiger partial charge in [0.1, 0.15) is 5.65 Å². The molecule has 7 rings (SSSR count). The van der Waals surface area contributed by atoms with Gasteiger partial charge in [0.05, 0.1) is 33.6 Å². The molecule has 2 fully saturated rings. The maximum absolute atomic E-state index is 11.5. The number of ether oxygens (including phenoxy) is 1. The van der Waals surface area contributed by atoms with E-state index in [1.165, 1.54) is 0 Å². The third-order valence-electron chi connectivity index (χ3n) is 9.21. The highest BCUT2D eigenvalue weighted by molar-refractivity contribution is 6.39. The van der Waals surface area contributed by atoms with Crippen molar-refractivity contribution in [3.05, 3.63) is 87.0 Å². The molecule has 258 valence electrons. The van der Waals surface area contributed by atoms with E-state index < -0.39 is 0 Å². The molecule has 2 aliphatic rings. The zero-order valence-electron chi connectivity index (χ0n) is 27.3. The highest BCUT2D eigenvalue weighted by Crippen LogP contribution is 2.42. The largest absolute Gasteiger partial charge is 0.481 e. The van der Waals surface area contributed by atoms with Gasteiger partial charge in [-0.2, -0.15) is 0 Å². The fourth-order valence-electron chi connectivity index (χ4n) is 6.58. The molecule has 50 heavy (non-hydrogen) atoms. The molecule has 3 aromatic heterocycles. The lowest BCUT2D eigenvalue weighted by Crippen LogP contribution is -2.35. The van der Waals surface area contributed by atoms with Gasteiger partial charge in [-0.05, 0) is 31.0 Å². The molecular weight excluding hydrogens is 697 g/mol. The Bertz CT molecular complexity index is 2090. The van der Waals surface area contributed by atoms with E-state index in [-0.39, 0.29) is 23.9 Å². The number of benzene rings is 2. The number of carbonyl (C=O) groups is 2. The van der Waals surface area contributed by atoms with Crippen LogP contribution in [0.5, 0.6) is 5.88 Å². The number of fused-ring (bicyclic) bond motifs is 1. The lowest BCUT2D eigenvalue weighted by molar-refractivity contribution is -0.120. The number of H-pyrrole nitrogens is 1. The topological polar surface area (TPSA) is 133 Å². The summed E-state index contributed by atoms with van der Waals surface area (Å²) in [6.45, 7) is 2.41. The van der Waals surface area contributed by atoms with Crippen LogP contribution in [0.1, 0.15) is 36.9 Å². The van der Waals surface area contributed by atoms with Crippen LogP contribution < -0.4 is 26.0 Å². The number of nitrogens with one attached hydrogen (secondary N) is 5. The average molecular weight is 733 g/mol. The molecule has 2 saturated heterocycles. The van der Waals surface area contributed by atoms with Crippen LogP contribution in [-0.2, 0) is 22.7 Å². The first kappa shape index (κ1) is 34.3. The average Bonchev–Trinajstić information content (AvgIpc) is 3.82. The van der Waals surface area contributed by atoms with E-state index in [1.807, 2.05) is 60.7 Å². The summed E-state index contributed by atoms with van der Waals surface area (Å²) in [7, 11) is 1.60. The number of carbonyl (C=O) groups excluding carboxylic acids is 2. The maximum Gasteiger partial charge on any atom is 0.220 e.